The van der Waals surface area contributed by atoms with Crippen molar-refractivity contribution in [2.75, 3.05) is 40.2 Å². The van der Waals surface area contributed by atoms with Crippen LogP contribution in [0, 0.1) is 11.8 Å². The van der Waals surface area contributed by atoms with Gasteiger partial charge in [-0.15, -0.1) is 0 Å². The Hall–Kier alpha value is -3.13. The molecule has 29 heavy (non-hydrogen) atoms. The third kappa shape index (κ3) is 3.75. The minimum absolute atomic E-state index is 0.0334. The van der Waals surface area contributed by atoms with E-state index in [4.69, 9.17) is 9.47 Å². The minimum atomic E-state index is 0.0334. The Bertz CT molecular complexity index is 1020. The number of aromatic nitrogens is 3. The molecule has 0 unspecified atom stereocenters. The summed E-state index contributed by atoms with van der Waals surface area (Å²) in [7, 11) is 7.24. The van der Waals surface area contributed by atoms with Crippen molar-refractivity contribution < 1.29 is 14.3 Å². The summed E-state index contributed by atoms with van der Waals surface area (Å²) in [4.78, 5) is 26.6. The summed E-state index contributed by atoms with van der Waals surface area (Å²) in [5.74, 6) is 2.20. The molecule has 8 nitrogen and oxygen atoms in total. The average Bonchev–Trinajstić information content (AvgIpc) is 3.35. The van der Waals surface area contributed by atoms with Crippen LogP contribution in [0.25, 0.3) is 22.2 Å². The van der Waals surface area contributed by atoms with Gasteiger partial charge in [0.15, 0.2) is 0 Å². The number of hydrogen-bond donors (Lipinski definition) is 2. The number of nitrogens with one attached hydrogen (secondary N) is 2. The van der Waals surface area contributed by atoms with Gasteiger partial charge in [0.05, 0.1) is 19.8 Å². The molecule has 0 aliphatic heterocycles. The van der Waals surface area contributed by atoms with Crippen LogP contribution in [-0.2, 0) is 4.79 Å². The lowest BCUT2D eigenvalue weighted by molar-refractivity contribution is -0.117. The molecule has 3 aromatic heterocycles. The van der Waals surface area contributed by atoms with E-state index in [9.17, 15) is 4.79 Å². The SMILES string of the molecule is COc1ccnc(OC)c1-c1c[nH]c2nc(NC(=O)[C@H]3C[C@@H]3CN(C)C)ccc12. The summed E-state index contributed by atoms with van der Waals surface area (Å²) in [6.07, 6.45) is 4.42. The molecule has 3 heterocycles. The normalized spacial score (nSPS) is 18.1. The van der Waals surface area contributed by atoms with E-state index in [2.05, 4.69) is 25.2 Å². The van der Waals surface area contributed by atoms with Crippen LogP contribution >= 0.6 is 0 Å². The molecule has 1 aliphatic carbocycles. The predicted molar refractivity (Wildman–Crippen MR) is 111 cm³/mol. The Morgan fingerprint density at radius 1 is 1.28 bits per heavy atom. The van der Waals surface area contributed by atoms with Gasteiger partial charge in [-0.1, -0.05) is 0 Å². The van der Waals surface area contributed by atoms with E-state index in [-0.39, 0.29) is 11.8 Å². The minimum Gasteiger partial charge on any atom is -0.496 e. The van der Waals surface area contributed by atoms with E-state index in [1.54, 1.807) is 26.5 Å². The lowest BCUT2D eigenvalue weighted by Gasteiger charge is -2.11. The first kappa shape index (κ1) is 19.2. The molecule has 0 bridgehead atoms. The van der Waals surface area contributed by atoms with Gasteiger partial charge in [0.2, 0.25) is 11.8 Å². The van der Waals surface area contributed by atoms with Gasteiger partial charge in [-0.25, -0.2) is 9.97 Å². The summed E-state index contributed by atoms with van der Waals surface area (Å²) in [6, 6.07) is 5.54. The lowest BCUT2D eigenvalue weighted by atomic mass is 10.1. The van der Waals surface area contributed by atoms with Gasteiger partial charge in [-0.3, -0.25) is 4.79 Å². The molecule has 0 spiro atoms. The summed E-state index contributed by atoms with van der Waals surface area (Å²) in [6.45, 7) is 0.930. The number of methoxy groups -OCH3 is 2. The van der Waals surface area contributed by atoms with Gasteiger partial charge in [-0.05, 0) is 44.6 Å². The number of rotatable bonds is 7. The second-order valence-electron chi connectivity index (χ2n) is 7.55. The Labute approximate surface area is 169 Å². The number of amides is 1. The van der Waals surface area contributed by atoms with Crippen LogP contribution in [0.2, 0.25) is 0 Å². The van der Waals surface area contributed by atoms with E-state index >= 15 is 0 Å². The van der Waals surface area contributed by atoms with Crippen LogP contribution in [0.4, 0.5) is 5.82 Å². The molecule has 1 saturated carbocycles. The standard InChI is InChI=1S/C21H25N5O3/c1-26(2)11-12-9-14(12)20(27)25-17-6-5-13-15(10-23-19(13)24-17)18-16(28-3)7-8-22-21(18)29-4/h5-8,10,12,14H,9,11H2,1-4H3,(H2,23,24,25,27)/t12-,14+/m1/s1. The Balaban J connectivity index is 1.59. The molecule has 0 radical (unpaired) electrons. The first-order valence-electron chi connectivity index (χ1n) is 9.53. The zero-order chi connectivity index (χ0) is 20.5. The summed E-state index contributed by atoms with van der Waals surface area (Å²) in [5.41, 5.74) is 2.30. The van der Waals surface area contributed by atoms with Crippen LogP contribution in [0.5, 0.6) is 11.6 Å². The highest BCUT2D eigenvalue weighted by atomic mass is 16.5. The first-order valence-corrected chi connectivity index (χ1v) is 9.53. The highest BCUT2D eigenvalue weighted by Gasteiger charge is 2.43. The molecule has 8 heteroatoms. The molecule has 2 N–H and O–H groups in total. The van der Waals surface area contributed by atoms with Crippen LogP contribution < -0.4 is 14.8 Å². The van der Waals surface area contributed by atoms with Crippen LogP contribution in [0.3, 0.4) is 0 Å². The number of aromatic amines is 1. The van der Waals surface area contributed by atoms with E-state index in [1.807, 2.05) is 32.4 Å². The fraction of sp³-hybridized carbons (Fsp3) is 0.381. The highest BCUT2D eigenvalue weighted by Crippen LogP contribution is 2.41. The zero-order valence-corrected chi connectivity index (χ0v) is 17.0. The van der Waals surface area contributed by atoms with E-state index in [0.29, 0.717) is 29.0 Å². The lowest BCUT2D eigenvalue weighted by Crippen LogP contribution is -2.20. The third-order valence-electron chi connectivity index (χ3n) is 5.21. The number of anilines is 1. The number of carbonyl (C=O) groups is 1. The first-order chi connectivity index (χ1) is 14.0. The largest absolute Gasteiger partial charge is 0.496 e. The maximum atomic E-state index is 12.5. The number of H-pyrrole nitrogens is 1. The quantitative estimate of drug-likeness (QED) is 0.639. The van der Waals surface area contributed by atoms with Crippen molar-refractivity contribution in [2.45, 2.75) is 6.42 Å². The Kier molecular flexibility index (Phi) is 5.10. The zero-order valence-electron chi connectivity index (χ0n) is 17.0. The molecule has 152 valence electrons. The van der Waals surface area contributed by atoms with Crippen molar-refractivity contribution in [3.63, 3.8) is 0 Å². The topological polar surface area (TPSA) is 92.4 Å². The third-order valence-corrected chi connectivity index (χ3v) is 5.21. The van der Waals surface area contributed by atoms with Crippen molar-refractivity contribution in [1.82, 2.24) is 19.9 Å². The van der Waals surface area contributed by atoms with Gasteiger partial charge < -0.3 is 24.7 Å². The van der Waals surface area contributed by atoms with Crippen LogP contribution in [-0.4, -0.2) is 60.6 Å². The van der Waals surface area contributed by atoms with Crippen molar-refractivity contribution in [3.05, 3.63) is 30.6 Å². The second-order valence-corrected chi connectivity index (χ2v) is 7.55. The fourth-order valence-electron chi connectivity index (χ4n) is 3.74. The number of nitrogens with zero attached hydrogens (tertiary/aromatic N) is 3. The fourth-order valence-corrected chi connectivity index (χ4v) is 3.74. The summed E-state index contributed by atoms with van der Waals surface area (Å²) < 4.78 is 10.9. The van der Waals surface area contributed by atoms with E-state index < -0.39 is 0 Å². The monoisotopic (exact) mass is 395 g/mol. The highest BCUT2D eigenvalue weighted by molar-refractivity contribution is 5.99. The second kappa shape index (κ2) is 7.71. The van der Waals surface area contributed by atoms with Gasteiger partial charge >= 0.3 is 0 Å². The molecular weight excluding hydrogens is 370 g/mol. The van der Waals surface area contributed by atoms with Gasteiger partial charge in [0.25, 0.3) is 0 Å². The van der Waals surface area contributed by atoms with Crippen LogP contribution in [0.15, 0.2) is 30.6 Å². The van der Waals surface area contributed by atoms with Crippen LogP contribution in [0.1, 0.15) is 6.42 Å². The molecule has 4 rings (SSSR count). The number of hydrogen-bond acceptors (Lipinski definition) is 6. The Morgan fingerprint density at radius 2 is 2.10 bits per heavy atom. The number of fused-ring (bicyclic) bond motifs is 1. The molecule has 0 aromatic carbocycles. The average molecular weight is 395 g/mol. The molecular formula is C21H25N5O3. The summed E-state index contributed by atoms with van der Waals surface area (Å²) >= 11 is 0. The van der Waals surface area contributed by atoms with Gasteiger partial charge in [0.1, 0.15) is 17.2 Å². The van der Waals surface area contributed by atoms with Gasteiger partial charge in [-0.2, -0.15) is 0 Å². The van der Waals surface area contributed by atoms with Crippen molar-refractivity contribution >= 4 is 22.8 Å². The smallest absolute Gasteiger partial charge is 0.228 e. The predicted octanol–water partition coefficient (Wildman–Crippen LogP) is 2.78. The number of ether oxygens (including phenoxy) is 2. The maximum absolute atomic E-state index is 12.5. The molecule has 2 atom stereocenters. The number of carbonyl (C=O) groups excluding carboxylic acids is 1. The van der Waals surface area contributed by atoms with E-state index in [1.165, 1.54) is 0 Å². The molecule has 0 saturated heterocycles. The molecule has 1 aliphatic rings. The molecule has 1 amide bonds. The van der Waals surface area contributed by atoms with Crippen molar-refractivity contribution in [3.8, 4) is 22.8 Å². The summed E-state index contributed by atoms with van der Waals surface area (Å²) in [5, 5.41) is 3.84. The number of pyridine rings is 2. The maximum Gasteiger partial charge on any atom is 0.228 e. The van der Waals surface area contributed by atoms with E-state index in [0.717, 1.165) is 29.5 Å². The van der Waals surface area contributed by atoms with Gasteiger partial charge in [0, 0.05) is 35.8 Å². The Morgan fingerprint density at radius 3 is 2.83 bits per heavy atom. The molecule has 1 fully saturated rings. The van der Waals surface area contributed by atoms with Crippen molar-refractivity contribution in [1.29, 1.82) is 0 Å². The van der Waals surface area contributed by atoms with Crippen molar-refractivity contribution in [2.24, 2.45) is 11.8 Å². The molecule has 3 aromatic rings.